The van der Waals surface area contributed by atoms with Gasteiger partial charge in [-0.2, -0.15) is 0 Å². The summed E-state index contributed by atoms with van der Waals surface area (Å²) in [6, 6.07) is 3.83. The third-order valence-corrected chi connectivity index (χ3v) is 5.35. The predicted molar refractivity (Wildman–Crippen MR) is 110 cm³/mol. The molecule has 7 nitrogen and oxygen atoms in total. The van der Waals surface area contributed by atoms with E-state index in [0.717, 1.165) is 35.2 Å². The number of nitrogens with zero attached hydrogens (tertiary/aromatic N) is 4. The van der Waals surface area contributed by atoms with Gasteiger partial charge in [0.15, 0.2) is 5.82 Å². The lowest BCUT2D eigenvalue weighted by atomic mass is 9.95. The first-order chi connectivity index (χ1) is 14.1. The number of aromatic nitrogens is 4. The van der Waals surface area contributed by atoms with Crippen molar-refractivity contribution in [2.45, 2.75) is 39.4 Å². The predicted octanol–water partition coefficient (Wildman–Crippen LogP) is 3.55. The van der Waals surface area contributed by atoms with Crippen LogP contribution in [-0.2, 0) is 11.5 Å². The molecule has 1 aliphatic rings. The molecule has 8 heteroatoms. The summed E-state index contributed by atoms with van der Waals surface area (Å²) in [5, 5.41) is 4.59. The van der Waals surface area contributed by atoms with Crippen molar-refractivity contribution in [1.29, 1.82) is 0 Å². The van der Waals surface area contributed by atoms with E-state index in [2.05, 4.69) is 32.2 Å². The number of pyridine rings is 1. The largest absolute Gasteiger partial charge is 0.379 e. The zero-order chi connectivity index (χ0) is 20.4. The number of hydrogen-bond acceptors (Lipinski definition) is 5. The number of fused-ring (bicyclic) bond motifs is 1. The first-order valence-electron chi connectivity index (χ1n) is 9.97. The maximum absolute atomic E-state index is 13.1. The molecule has 0 unspecified atom stereocenters. The van der Waals surface area contributed by atoms with Gasteiger partial charge in [-0.3, -0.25) is 4.79 Å². The Kier molecular flexibility index (Phi) is 5.42. The molecule has 4 heterocycles. The minimum Gasteiger partial charge on any atom is -0.379 e. The maximum Gasteiger partial charge on any atom is 0.222 e. The average molecular weight is 396 g/mol. The zero-order valence-corrected chi connectivity index (χ0v) is 16.7. The van der Waals surface area contributed by atoms with Gasteiger partial charge in [-0.25, -0.2) is 19.3 Å². The Morgan fingerprint density at radius 2 is 2.21 bits per heavy atom. The standard InChI is InChI=1S/C21H25FN6O/c1-3-19(29)28-11-13(2)8-14(12-28)26-20-15-4-6-24-21(15)25-10-16(20)17-5-7-23-18(9-22)27-17/h4-7,10,13-14H,3,8-9,11-12H2,1-2H3,(H2,24,25,26)/t13-,14+/m0/s1. The number of carbonyl (C=O) groups excluding carboxylic acids is 1. The van der Waals surface area contributed by atoms with Crippen molar-refractivity contribution in [3.63, 3.8) is 0 Å². The molecule has 1 saturated heterocycles. The second kappa shape index (κ2) is 8.14. The molecule has 1 aliphatic heterocycles. The van der Waals surface area contributed by atoms with E-state index < -0.39 is 6.67 Å². The monoisotopic (exact) mass is 396 g/mol. The van der Waals surface area contributed by atoms with Crippen molar-refractivity contribution in [3.05, 3.63) is 36.5 Å². The number of hydrogen-bond donors (Lipinski definition) is 2. The first-order valence-corrected chi connectivity index (χ1v) is 9.97. The van der Waals surface area contributed by atoms with E-state index in [1.807, 2.05) is 24.1 Å². The molecule has 3 aromatic rings. The fourth-order valence-electron chi connectivity index (χ4n) is 4.06. The summed E-state index contributed by atoms with van der Waals surface area (Å²) in [6.07, 6.45) is 6.62. The van der Waals surface area contributed by atoms with Crippen molar-refractivity contribution in [3.8, 4) is 11.3 Å². The molecule has 0 spiro atoms. The van der Waals surface area contributed by atoms with Gasteiger partial charge in [-0.1, -0.05) is 13.8 Å². The summed E-state index contributed by atoms with van der Waals surface area (Å²) in [4.78, 5) is 30.1. The van der Waals surface area contributed by atoms with Gasteiger partial charge in [0.2, 0.25) is 5.91 Å². The van der Waals surface area contributed by atoms with Gasteiger partial charge in [-0.05, 0) is 24.5 Å². The van der Waals surface area contributed by atoms with Crippen LogP contribution in [-0.4, -0.2) is 49.9 Å². The second-order valence-corrected chi connectivity index (χ2v) is 7.61. The fraction of sp³-hybridized carbons (Fsp3) is 0.429. The molecule has 0 bridgehead atoms. The van der Waals surface area contributed by atoms with Crippen LogP contribution in [0.3, 0.4) is 0 Å². The van der Waals surface area contributed by atoms with Crippen LogP contribution < -0.4 is 5.32 Å². The van der Waals surface area contributed by atoms with Gasteiger partial charge < -0.3 is 15.2 Å². The van der Waals surface area contributed by atoms with Crippen molar-refractivity contribution >= 4 is 22.6 Å². The van der Waals surface area contributed by atoms with Crippen LogP contribution in [0.4, 0.5) is 10.1 Å². The summed E-state index contributed by atoms with van der Waals surface area (Å²) in [5.41, 5.74) is 3.07. The van der Waals surface area contributed by atoms with E-state index in [9.17, 15) is 9.18 Å². The van der Waals surface area contributed by atoms with Crippen LogP contribution in [0.15, 0.2) is 30.7 Å². The number of aromatic amines is 1. The number of halogens is 1. The second-order valence-electron chi connectivity index (χ2n) is 7.61. The average Bonchev–Trinajstić information content (AvgIpc) is 3.22. The van der Waals surface area contributed by atoms with E-state index >= 15 is 0 Å². The Labute approximate surface area is 168 Å². The molecule has 2 atom stereocenters. The highest BCUT2D eigenvalue weighted by molar-refractivity contribution is 5.97. The smallest absolute Gasteiger partial charge is 0.222 e. The Bertz CT molecular complexity index is 1020. The molecule has 0 radical (unpaired) electrons. The Morgan fingerprint density at radius 1 is 1.34 bits per heavy atom. The molecule has 4 rings (SSSR count). The van der Waals surface area contributed by atoms with Crippen LogP contribution in [0, 0.1) is 5.92 Å². The van der Waals surface area contributed by atoms with Gasteiger partial charge in [0.1, 0.15) is 12.3 Å². The number of alkyl halides is 1. The van der Waals surface area contributed by atoms with Gasteiger partial charge in [0.05, 0.1) is 11.4 Å². The van der Waals surface area contributed by atoms with Gasteiger partial charge in [-0.15, -0.1) is 0 Å². The van der Waals surface area contributed by atoms with Gasteiger partial charge in [0, 0.05) is 55.1 Å². The van der Waals surface area contributed by atoms with Crippen LogP contribution in [0.5, 0.6) is 0 Å². The number of amides is 1. The summed E-state index contributed by atoms with van der Waals surface area (Å²) >= 11 is 0. The molecular weight excluding hydrogens is 371 g/mol. The lowest BCUT2D eigenvalue weighted by Gasteiger charge is -2.37. The highest BCUT2D eigenvalue weighted by Crippen LogP contribution is 2.34. The molecule has 1 fully saturated rings. The van der Waals surface area contributed by atoms with Crippen molar-refractivity contribution < 1.29 is 9.18 Å². The van der Waals surface area contributed by atoms with Gasteiger partial charge in [0.25, 0.3) is 0 Å². The number of likely N-dealkylation sites (tertiary alicyclic amines) is 1. The normalized spacial score (nSPS) is 19.5. The van der Waals surface area contributed by atoms with E-state index in [4.69, 9.17) is 0 Å². The van der Waals surface area contributed by atoms with Gasteiger partial charge >= 0.3 is 0 Å². The third-order valence-electron chi connectivity index (χ3n) is 5.35. The van der Waals surface area contributed by atoms with E-state index in [1.165, 1.54) is 0 Å². The van der Waals surface area contributed by atoms with Crippen molar-refractivity contribution in [2.75, 3.05) is 18.4 Å². The van der Waals surface area contributed by atoms with E-state index in [-0.39, 0.29) is 17.8 Å². The third kappa shape index (κ3) is 3.92. The molecule has 152 valence electrons. The molecule has 0 aromatic carbocycles. The summed E-state index contributed by atoms with van der Waals surface area (Å²) in [7, 11) is 0. The SMILES string of the molecule is CCC(=O)N1C[C@@H](C)C[C@@H](Nc2c(-c3ccnc(CF)n3)cnc3[nH]ccc23)C1. The lowest BCUT2D eigenvalue weighted by molar-refractivity contribution is -0.132. The molecule has 0 saturated carbocycles. The van der Waals surface area contributed by atoms with Crippen LogP contribution in [0.1, 0.15) is 32.5 Å². The molecule has 1 amide bonds. The lowest BCUT2D eigenvalue weighted by Crippen LogP contribution is -2.48. The van der Waals surface area contributed by atoms with Crippen LogP contribution in [0.2, 0.25) is 0 Å². The molecule has 0 aliphatic carbocycles. The molecule has 29 heavy (non-hydrogen) atoms. The fourth-order valence-corrected chi connectivity index (χ4v) is 4.06. The van der Waals surface area contributed by atoms with Crippen molar-refractivity contribution in [1.82, 2.24) is 24.8 Å². The van der Waals surface area contributed by atoms with Crippen LogP contribution >= 0.6 is 0 Å². The Morgan fingerprint density at radius 3 is 3.00 bits per heavy atom. The number of carbonyl (C=O) groups is 1. The number of H-pyrrole nitrogens is 1. The van der Waals surface area contributed by atoms with E-state index in [0.29, 0.717) is 24.6 Å². The zero-order valence-electron chi connectivity index (χ0n) is 16.7. The highest BCUT2D eigenvalue weighted by Gasteiger charge is 2.28. The van der Waals surface area contributed by atoms with E-state index in [1.54, 1.807) is 18.5 Å². The Hall–Kier alpha value is -3.03. The number of piperidine rings is 1. The minimum absolute atomic E-state index is 0.107. The summed E-state index contributed by atoms with van der Waals surface area (Å²) in [6.45, 7) is 4.79. The first kappa shape index (κ1) is 19.3. The minimum atomic E-state index is -0.718. The number of anilines is 1. The molecule has 2 N–H and O–H groups in total. The summed E-state index contributed by atoms with van der Waals surface area (Å²) < 4.78 is 13.1. The Balaban J connectivity index is 1.72. The summed E-state index contributed by atoms with van der Waals surface area (Å²) in [5.74, 6) is 0.725. The maximum atomic E-state index is 13.1. The van der Waals surface area contributed by atoms with Crippen LogP contribution in [0.25, 0.3) is 22.3 Å². The topological polar surface area (TPSA) is 86.8 Å². The molecule has 3 aromatic heterocycles. The quantitative estimate of drug-likeness (QED) is 0.689. The highest BCUT2D eigenvalue weighted by atomic mass is 19.1. The molecular formula is C21H25FN6O. The number of rotatable bonds is 5. The number of nitrogens with one attached hydrogen (secondary N) is 2. The van der Waals surface area contributed by atoms with Crippen molar-refractivity contribution in [2.24, 2.45) is 5.92 Å².